The third-order valence-electron chi connectivity index (χ3n) is 1.11. The van der Waals surface area contributed by atoms with Crippen molar-refractivity contribution in [3.63, 3.8) is 0 Å². The summed E-state index contributed by atoms with van der Waals surface area (Å²) >= 11 is 0. The number of rotatable bonds is 0. The van der Waals surface area contributed by atoms with Crippen LogP contribution < -0.4 is 0 Å². The quantitative estimate of drug-likeness (QED) is 0.437. The Hall–Kier alpha value is -0.781. The second-order valence-corrected chi connectivity index (χ2v) is 1.92. The van der Waals surface area contributed by atoms with Crippen molar-refractivity contribution in [2.75, 3.05) is 0 Å². The van der Waals surface area contributed by atoms with Crippen molar-refractivity contribution in [3.8, 4) is 0 Å². The summed E-state index contributed by atoms with van der Waals surface area (Å²) in [5.74, 6) is 0. The van der Waals surface area contributed by atoms with Crippen LogP contribution in [0.5, 0.6) is 0 Å². The monoisotopic (exact) mass is 185 g/mol. The molecule has 0 nitrogen and oxygen atoms in total. The standard InChI is InChI=1S/2C5H5.Mn/c2*1-2-4-5-3-1;/h2*1-5H;/q2*-1;+2. The van der Waals surface area contributed by atoms with Gasteiger partial charge in [-0.15, -0.1) is 0 Å². The third-order valence-corrected chi connectivity index (χ3v) is 1.11. The molecule has 0 atom stereocenters. The average molecular weight is 185 g/mol. The van der Waals surface area contributed by atoms with E-state index in [2.05, 4.69) is 0 Å². The fourth-order valence-electron chi connectivity index (χ4n) is 0.642. The van der Waals surface area contributed by atoms with E-state index in [1.807, 2.05) is 60.7 Å². The summed E-state index contributed by atoms with van der Waals surface area (Å²) in [6.07, 6.45) is 0. The van der Waals surface area contributed by atoms with Gasteiger partial charge in [-0.05, 0) is 0 Å². The van der Waals surface area contributed by atoms with Crippen LogP contribution in [0.1, 0.15) is 0 Å². The van der Waals surface area contributed by atoms with E-state index in [9.17, 15) is 0 Å². The number of hydrogen-bond donors (Lipinski definition) is 0. The Kier molecular flexibility index (Phi) is 6.81. The van der Waals surface area contributed by atoms with Gasteiger partial charge in [0.15, 0.2) is 0 Å². The van der Waals surface area contributed by atoms with E-state index < -0.39 is 0 Å². The molecule has 0 N–H and O–H groups in total. The molecule has 11 heavy (non-hydrogen) atoms. The summed E-state index contributed by atoms with van der Waals surface area (Å²) in [6.45, 7) is 0. The summed E-state index contributed by atoms with van der Waals surface area (Å²) in [5, 5.41) is 0. The molecule has 0 aromatic heterocycles. The summed E-state index contributed by atoms with van der Waals surface area (Å²) in [5.41, 5.74) is 0. The zero-order valence-electron chi connectivity index (χ0n) is 6.15. The molecule has 2 aromatic carbocycles. The summed E-state index contributed by atoms with van der Waals surface area (Å²) in [4.78, 5) is 0. The van der Waals surface area contributed by atoms with Crippen LogP contribution in [0.15, 0.2) is 60.7 Å². The van der Waals surface area contributed by atoms with Gasteiger partial charge < -0.3 is 0 Å². The van der Waals surface area contributed by atoms with Crippen LogP contribution in [-0.2, 0) is 17.1 Å². The van der Waals surface area contributed by atoms with Crippen molar-refractivity contribution in [2.24, 2.45) is 0 Å². The molecule has 0 saturated heterocycles. The second-order valence-electron chi connectivity index (χ2n) is 1.92. The minimum absolute atomic E-state index is 0. The molecular weight excluding hydrogens is 175 g/mol. The van der Waals surface area contributed by atoms with Crippen LogP contribution in [0.25, 0.3) is 0 Å². The van der Waals surface area contributed by atoms with Crippen molar-refractivity contribution in [1.29, 1.82) is 0 Å². The van der Waals surface area contributed by atoms with Gasteiger partial charge in [-0.25, -0.2) is 24.3 Å². The fourth-order valence-corrected chi connectivity index (χ4v) is 0.642. The summed E-state index contributed by atoms with van der Waals surface area (Å²) < 4.78 is 0. The molecule has 0 saturated carbocycles. The Morgan fingerprint density at radius 2 is 0.818 bits per heavy atom. The molecule has 0 amide bonds. The fraction of sp³-hybridized carbons (Fsp3) is 0. The van der Waals surface area contributed by atoms with Gasteiger partial charge in [-0.1, -0.05) is 0 Å². The first kappa shape index (κ1) is 10.2. The smallest absolute Gasteiger partial charge is 0.214 e. The topological polar surface area (TPSA) is 0 Å². The molecule has 0 aliphatic carbocycles. The Bertz CT molecular complexity index is 144. The Labute approximate surface area is 78.1 Å². The van der Waals surface area contributed by atoms with E-state index >= 15 is 0 Å². The van der Waals surface area contributed by atoms with Crippen LogP contribution in [0.2, 0.25) is 0 Å². The largest absolute Gasteiger partial charge is 2.00 e. The summed E-state index contributed by atoms with van der Waals surface area (Å²) in [7, 11) is 0. The molecule has 1 heteroatoms. The zero-order chi connectivity index (χ0) is 7.07. The van der Waals surface area contributed by atoms with E-state index in [1.165, 1.54) is 0 Å². The van der Waals surface area contributed by atoms with E-state index in [0.717, 1.165) is 0 Å². The van der Waals surface area contributed by atoms with Crippen LogP contribution in [-0.4, -0.2) is 0 Å². The number of hydrogen-bond acceptors (Lipinski definition) is 0. The minimum atomic E-state index is 0. The first-order valence-corrected chi connectivity index (χ1v) is 3.33. The molecule has 0 aliphatic heterocycles. The summed E-state index contributed by atoms with van der Waals surface area (Å²) in [6, 6.07) is 20.0. The van der Waals surface area contributed by atoms with Crippen LogP contribution in [0.4, 0.5) is 0 Å². The van der Waals surface area contributed by atoms with Gasteiger partial charge in [0, 0.05) is 0 Å². The first-order valence-electron chi connectivity index (χ1n) is 3.33. The molecule has 0 unspecified atom stereocenters. The molecule has 0 fully saturated rings. The molecule has 2 aromatic rings. The zero-order valence-corrected chi connectivity index (χ0v) is 7.33. The molecule has 2 rings (SSSR count). The molecule has 0 aliphatic rings. The molecule has 57 valence electrons. The van der Waals surface area contributed by atoms with Gasteiger partial charge in [0.25, 0.3) is 0 Å². The van der Waals surface area contributed by atoms with Crippen molar-refractivity contribution < 1.29 is 17.1 Å². The van der Waals surface area contributed by atoms with Gasteiger partial charge in [-0.2, -0.15) is 36.4 Å². The van der Waals surface area contributed by atoms with E-state index in [-0.39, 0.29) is 17.1 Å². The molecular formula is C10H10Mn. The predicted molar refractivity (Wildman–Crippen MR) is 44.1 cm³/mol. The predicted octanol–water partition coefficient (Wildman–Crippen LogP) is 2.81. The maximum atomic E-state index is 2.00. The van der Waals surface area contributed by atoms with Crippen LogP contribution in [0.3, 0.4) is 0 Å². The van der Waals surface area contributed by atoms with E-state index in [1.54, 1.807) is 0 Å². The SMILES string of the molecule is [Mn+2].c1cc[cH-]c1.c1cc[cH-]c1. The molecule has 0 heterocycles. The van der Waals surface area contributed by atoms with Crippen LogP contribution >= 0.6 is 0 Å². The third kappa shape index (κ3) is 5.65. The van der Waals surface area contributed by atoms with Crippen molar-refractivity contribution >= 4 is 0 Å². The molecule has 0 spiro atoms. The average Bonchev–Trinajstić information content (AvgIpc) is 2.67. The Morgan fingerprint density at radius 3 is 0.909 bits per heavy atom. The maximum absolute atomic E-state index is 2.00. The van der Waals surface area contributed by atoms with Crippen molar-refractivity contribution in [1.82, 2.24) is 0 Å². The van der Waals surface area contributed by atoms with E-state index in [0.29, 0.717) is 0 Å². The van der Waals surface area contributed by atoms with Gasteiger partial charge in [0.05, 0.1) is 0 Å². The van der Waals surface area contributed by atoms with Gasteiger partial charge in [0.1, 0.15) is 0 Å². The Morgan fingerprint density at radius 1 is 0.545 bits per heavy atom. The van der Waals surface area contributed by atoms with Gasteiger partial charge in [-0.3, -0.25) is 0 Å². The molecule has 1 radical (unpaired) electrons. The van der Waals surface area contributed by atoms with Crippen molar-refractivity contribution in [3.05, 3.63) is 60.7 Å². The maximum Gasteiger partial charge on any atom is 2.00 e. The minimum Gasteiger partial charge on any atom is -0.214 e. The van der Waals surface area contributed by atoms with Gasteiger partial charge in [0.2, 0.25) is 0 Å². The Balaban J connectivity index is 0.000000167. The van der Waals surface area contributed by atoms with E-state index in [4.69, 9.17) is 0 Å². The van der Waals surface area contributed by atoms with Crippen molar-refractivity contribution in [2.45, 2.75) is 0 Å². The second kappa shape index (κ2) is 7.33. The van der Waals surface area contributed by atoms with Crippen LogP contribution in [0, 0.1) is 0 Å². The first-order chi connectivity index (χ1) is 5.00. The van der Waals surface area contributed by atoms with Gasteiger partial charge >= 0.3 is 17.1 Å². The normalized spacial score (nSPS) is 7.27. The molecule has 0 bridgehead atoms.